The second-order valence-corrected chi connectivity index (χ2v) is 5.16. The van der Waals surface area contributed by atoms with Gasteiger partial charge in [0.1, 0.15) is 5.69 Å². The Hall–Kier alpha value is -1.82. The van der Waals surface area contributed by atoms with Crippen LogP contribution in [0.1, 0.15) is 23.3 Å². The molecule has 2 heterocycles. The molecule has 104 valence electrons. The number of amides is 1. The number of hydrogen-bond donors (Lipinski definition) is 2. The normalized spacial score (nSPS) is 16.9. The van der Waals surface area contributed by atoms with Gasteiger partial charge in [-0.2, -0.15) is 0 Å². The van der Waals surface area contributed by atoms with E-state index in [9.17, 15) is 4.79 Å². The fourth-order valence-corrected chi connectivity index (χ4v) is 2.44. The minimum Gasteiger partial charge on any atom is -0.396 e. The number of aromatic nitrogens is 1. The summed E-state index contributed by atoms with van der Waals surface area (Å²) < 4.78 is 0. The summed E-state index contributed by atoms with van der Waals surface area (Å²) in [6.45, 7) is 1.78. The SMILES string of the molecule is CN(C)C1CCN(c2nc(C(N)=O)ccc2N)CC1. The van der Waals surface area contributed by atoms with Gasteiger partial charge in [-0.05, 0) is 39.1 Å². The van der Waals surface area contributed by atoms with Crippen LogP contribution in [-0.4, -0.2) is 49.0 Å². The first kappa shape index (κ1) is 13.6. The Morgan fingerprint density at radius 3 is 2.53 bits per heavy atom. The Balaban J connectivity index is 2.15. The summed E-state index contributed by atoms with van der Waals surface area (Å²) in [5.41, 5.74) is 12.1. The average molecular weight is 263 g/mol. The van der Waals surface area contributed by atoms with Crippen LogP contribution < -0.4 is 16.4 Å². The average Bonchev–Trinajstić information content (AvgIpc) is 2.39. The number of rotatable bonds is 3. The molecule has 1 amide bonds. The topological polar surface area (TPSA) is 88.5 Å². The van der Waals surface area contributed by atoms with Crippen molar-refractivity contribution in [2.45, 2.75) is 18.9 Å². The molecule has 1 aromatic rings. The van der Waals surface area contributed by atoms with Gasteiger partial charge in [-0.3, -0.25) is 4.79 Å². The zero-order valence-corrected chi connectivity index (χ0v) is 11.5. The van der Waals surface area contributed by atoms with Gasteiger partial charge in [0, 0.05) is 19.1 Å². The van der Waals surface area contributed by atoms with Crippen LogP contribution in [0.5, 0.6) is 0 Å². The summed E-state index contributed by atoms with van der Waals surface area (Å²) in [6, 6.07) is 3.85. The van der Waals surface area contributed by atoms with Gasteiger partial charge in [0.05, 0.1) is 5.69 Å². The quantitative estimate of drug-likeness (QED) is 0.818. The van der Waals surface area contributed by atoms with E-state index in [1.54, 1.807) is 12.1 Å². The molecular formula is C13H21N5O. The van der Waals surface area contributed by atoms with Crippen LogP contribution in [0.2, 0.25) is 0 Å². The molecule has 1 aliphatic rings. The van der Waals surface area contributed by atoms with E-state index >= 15 is 0 Å². The summed E-state index contributed by atoms with van der Waals surface area (Å²) in [5, 5.41) is 0. The molecule has 19 heavy (non-hydrogen) atoms. The minimum atomic E-state index is -0.524. The van der Waals surface area contributed by atoms with Crippen LogP contribution in [-0.2, 0) is 0 Å². The lowest BCUT2D eigenvalue weighted by molar-refractivity contribution is 0.0995. The molecule has 1 aliphatic heterocycles. The molecule has 1 fully saturated rings. The van der Waals surface area contributed by atoms with E-state index in [4.69, 9.17) is 11.5 Å². The standard InChI is InChI=1S/C13H21N5O/c1-17(2)9-5-7-18(8-6-9)13-10(14)3-4-11(16-13)12(15)19/h3-4,9H,5-8,14H2,1-2H3,(H2,15,19). The lowest BCUT2D eigenvalue weighted by Crippen LogP contribution is -2.42. The first-order valence-electron chi connectivity index (χ1n) is 6.46. The molecule has 0 aromatic carbocycles. The highest BCUT2D eigenvalue weighted by Gasteiger charge is 2.23. The van der Waals surface area contributed by atoms with Gasteiger partial charge in [0.15, 0.2) is 5.82 Å². The van der Waals surface area contributed by atoms with Gasteiger partial charge in [-0.15, -0.1) is 0 Å². The van der Waals surface area contributed by atoms with Crippen molar-refractivity contribution in [2.24, 2.45) is 5.73 Å². The second kappa shape index (κ2) is 5.44. The number of nitrogens with two attached hydrogens (primary N) is 2. The van der Waals surface area contributed by atoms with Crippen LogP contribution in [0.25, 0.3) is 0 Å². The van der Waals surface area contributed by atoms with E-state index in [0.717, 1.165) is 25.9 Å². The van der Waals surface area contributed by atoms with Crippen LogP contribution in [0.4, 0.5) is 11.5 Å². The molecule has 0 aliphatic carbocycles. The Kier molecular flexibility index (Phi) is 3.90. The maximum absolute atomic E-state index is 11.2. The van der Waals surface area contributed by atoms with Crippen LogP contribution >= 0.6 is 0 Å². The Bertz CT molecular complexity index is 466. The van der Waals surface area contributed by atoms with Crippen LogP contribution in [0, 0.1) is 0 Å². The van der Waals surface area contributed by atoms with E-state index in [1.807, 2.05) is 0 Å². The van der Waals surface area contributed by atoms with Gasteiger partial charge in [-0.25, -0.2) is 4.98 Å². The summed E-state index contributed by atoms with van der Waals surface area (Å²) >= 11 is 0. The molecule has 0 spiro atoms. The minimum absolute atomic E-state index is 0.263. The molecular weight excluding hydrogens is 242 g/mol. The van der Waals surface area contributed by atoms with Gasteiger partial charge >= 0.3 is 0 Å². The fraction of sp³-hybridized carbons (Fsp3) is 0.538. The Morgan fingerprint density at radius 1 is 1.37 bits per heavy atom. The smallest absolute Gasteiger partial charge is 0.267 e. The number of pyridine rings is 1. The van der Waals surface area contributed by atoms with E-state index < -0.39 is 5.91 Å². The molecule has 0 unspecified atom stereocenters. The highest BCUT2D eigenvalue weighted by Crippen LogP contribution is 2.25. The molecule has 0 atom stereocenters. The van der Waals surface area contributed by atoms with Gasteiger partial charge < -0.3 is 21.3 Å². The number of hydrogen-bond acceptors (Lipinski definition) is 5. The van der Waals surface area contributed by atoms with Crippen molar-refractivity contribution in [3.05, 3.63) is 17.8 Å². The van der Waals surface area contributed by atoms with Gasteiger partial charge in [-0.1, -0.05) is 0 Å². The highest BCUT2D eigenvalue weighted by molar-refractivity contribution is 5.91. The van der Waals surface area contributed by atoms with Crippen molar-refractivity contribution in [1.29, 1.82) is 0 Å². The third kappa shape index (κ3) is 2.96. The lowest BCUT2D eigenvalue weighted by atomic mass is 10.0. The molecule has 0 bridgehead atoms. The monoisotopic (exact) mass is 263 g/mol. The van der Waals surface area contributed by atoms with Crippen molar-refractivity contribution >= 4 is 17.4 Å². The molecule has 2 rings (SSSR count). The van der Waals surface area contributed by atoms with Crippen molar-refractivity contribution in [2.75, 3.05) is 37.8 Å². The largest absolute Gasteiger partial charge is 0.396 e. The summed E-state index contributed by atoms with van der Waals surface area (Å²) in [5.74, 6) is 0.151. The Morgan fingerprint density at radius 2 is 2.00 bits per heavy atom. The second-order valence-electron chi connectivity index (χ2n) is 5.16. The van der Waals surface area contributed by atoms with Crippen molar-refractivity contribution in [3.8, 4) is 0 Å². The summed E-state index contributed by atoms with van der Waals surface area (Å²) in [4.78, 5) is 19.8. The number of anilines is 2. The molecule has 1 aromatic heterocycles. The van der Waals surface area contributed by atoms with E-state index in [0.29, 0.717) is 17.5 Å². The number of piperidine rings is 1. The lowest BCUT2D eigenvalue weighted by Gasteiger charge is -2.36. The first-order chi connectivity index (χ1) is 8.99. The molecule has 0 radical (unpaired) electrons. The molecule has 6 nitrogen and oxygen atoms in total. The molecule has 4 N–H and O–H groups in total. The summed E-state index contributed by atoms with van der Waals surface area (Å²) in [7, 11) is 4.20. The predicted molar refractivity (Wildman–Crippen MR) is 76.1 cm³/mol. The maximum atomic E-state index is 11.2. The zero-order valence-electron chi connectivity index (χ0n) is 11.5. The number of carbonyl (C=O) groups is 1. The van der Waals surface area contributed by atoms with E-state index in [-0.39, 0.29) is 5.69 Å². The number of primary amides is 1. The summed E-state index contributed by atoms with van der Waals surface area (Å²) in [6.07, 6.45) is 2.13. The van der Waals surface area contributed by atoms with Gasteiger partial charge in [0.25, 0.3) is 5.91 Å². The third-order valence-electron chi connectivity index (χ3n) is 3.65. The molecule has 6 heteroatoms. The van der Waals surface area contributed by atoms with E-state index in [1.165, 1.54) is 0 Å². The number of carbonyl (C=O) groups excluding carboxylic acids is 1. The molecule has 1 saturated heterocycles. The zero-order chi connectivity index (χ0) is 14.0. The van der Waals surface area contributed by atoms with E-state index in [2.05, 4.69) is 28.9 Å². The number of nitrogen functional groups attached to an aromatic ring is 1. The third-order valence-corrected chi connectivity index (χ3v) is 3.65. The maximum Gasteiger partial charge on any atom is 0.267 e. The van der Waals surface area contributed by atoms with Crippen LogP contribution in [0.3, 0.4) is 0 Å². The van der Waals surface area contributed by atoms with Gasteiger partial charge in [0.2, 0.25) is 0 Å². The number of nitrogens with zero attached hydrogens (tertiary/aromatic N) is 3. The highest BCUT2D eigenvalue weighted by atomic mass is 16.1. The Labute approximate surface area is 113 Å². The predicted octanol–water partition coefficient (Wildman–Crippen LogP) is 0.293. The molecule has 0 saturated carbocycles. The van der Waals surface area contributed by atoms with Crippen molar-refractivity contribution in [3.63, 3.8) is 0 Å². The van der Waals surface area contributed by atoms with Crippen molar-refractivity contribution < 1.29 is 4.79 Å². The van der Waals surface area contributed by atoms with Crippen molar-refractivity contribution in [1.82, 2.24) is 9.88 Å². The first-order valence-corrected chi connectivity index (χ1v) is 6.46. The van der Waals surface area contributed by atoms with Crippen LogP contribution in [0.15, 0.2) is 12.1 Å². The fourth-order valence-electron chi connectivity index (χ4n) is 2.44.